The number of rotatable bonds is 3. The van der Waals surface area contributed by atoms with E-state index in [9.17, 15) is 13.6 Å². The van der Waals surface area contributed by atoms with Crippen LogP contribution < -0.4 is 10.3 Å². The molecule has 0 amide bonds. The van der Waals surface area contributed by atoms with Crippen LogP contribution in [0, 0.1) is 11.6 Å². The third-order valence-corrected chi connectivity index (χ3v) is 4.07. The minimum absolute atomic E-state index is 0.176. The van der Waals surface area contributed by atoms with Gasteiger partial charge in [-0.3, -0.25) is 9.36 Å². The van der Waals surface area contributed by atoms with Crippen LogP contribution in [0.3, 0.4) is 0 Å². The van der Waals surface area contributed by atoms with Gasteiger partial charge < -0.3 is 9.14 Å². The largest absolute Gasteiger partial charge is 0.497 e. The van der Waals surface area contributed by atoms with Crippen molar-refractivity contribution in [3.63, 3.8) is 0 Å². The molecule has 0 saturated heterocycles. The Morgan fingerprint density at radius 3 is 2.65 bits per heavy atom. The third-order valence-electron chi connectivity index (χ3n) is 4.07. The van der Waals surface area contributed by atoms with Crippen LogP contribution in [0.5, 0.6) is 5.75 Å². The molecule has 0 aliphatic carbocycles. The molecule has 5 nitrogen and oxygen atoms in total. The van der Waals surface area contributed by atoms with Gasteiger partial charge in [-0.2, -0.15) is 0 Å². The molecule has 4 aromatic rings. The maximum absolute atomic E-state index is 13.5. The maximum atomic E-state index is 13.5. The highest BCUT2D eigenvalue weighted by Crippen LogP contribution is 2.23. The Kier molecular flexibility index (Phi) is 3.76. The van der Waals surface area contributed by atoms with E-state index in [4.69, 9.17) is 4.74 Å². The van der Waals surface area contributed by atoms with Crippen molar-refractivity contribution in [2.75, 3.05) is 7.11 Å². The number of benzene rings is 2. The van der Waals surface area contributed by atoms with E-state index in [1.165, 1.54) is 16.8 Å². The zero-order valence-electron chi connectivity index (χ0n) is 13.7. The summed E-state index contributed by atoms with van der Waals surface area (Å²) in [6.07, 6.45) is 4.84. The Hall–Kier alpha value is -3.48. The van der Waals surface area contributed by atoms with E-state index in [0.717, 1.165) is 17.7 Å². The van der Waals surface area contributed by atoms with Gasteiger partial charge in [-0.15, -0.1) is 0 Å². The SMILES string of the molecule is COc1cccc(-c2cn3ccn(-c4ccc(F)c(F)c4)c(=O)c3n2)c1. The van der Waals surface area contributed by atoms with E-state index >= 15 is 0 Å². The number of imidazole rings is 1. The Bertz CT molecular complexity index is 1180. The average molecular weight is 353 g/mol. The van der Waals surface area contributed by atoms with Crippen molar-refractivity contribution in [1.29, 1.82) is 0 Å². The van der Waals surface area contributed by atoms with E-state index < -0.39 is 17.2 Å². The molecular weight excluding hydrogens is 340 g/mol. The quantitative estimate of drug-likeness (QED) is 0.567. The van der Waals surface area contributed by atoms with E-state index in [-0.39, 0.29) is 11.3 Å². The second-order valence-electron chi connectivity index (χ2n) is 5.66. The van der Waals surface area contributed by atoms with Crippen molar-refractivity contribution in [1.82, 2.24) is 14.0 Å². The number of ether oxygens (including phenoxy) is 1. The van der Waals surface area contributed by atoms with Gasteiger partial charge in [0.2, 0.25) is 5.65 Å². The predicted octanol–water partition coefficient (Wildman–Crippen LogP) is 3.44. The van der Waals surface area contributed by atoms with Gasteiger partial charge in [0.1, 0.15) is 5.75 Å². The van der Waals surface area contributed by atoms with Crippen molar-refractivity contribution in [2.45, 2.75) is 0 Å². The number of fused-ring (bicyclic) bond motifs is 1. The van der Waals surface area contributed by atoms with Gasteiger partial charge >= 0.3 is 0 Å². The molecule has 0 saturated carbocycles. The number of aromatic nitrogens is 3. The maximum Gasteiger partial charge on any atom is 0.298 e. The highest BCUT2D eigenvalue weighted by Gasteiger charge is 2.12. The molecule has 7 heteroatoms. The Balaban J connectivity index is 1.85. The van der Waals surface area contributed by atoms with Gasteiger partial charge in [-0.1, -0.05) is 12.1 Å². The van der Waals surface area contributed by atoms with E-state index in [2.05, 4.69) is 4.98 Å². The molecule has 0 aliphatic heterocycles. The topological polar surface area (TPSA) is 48.5 Å². The van der Waals surface area contributed by atoms with Crippen molar-refractivity contribution in [3.05, 3.63) is 83.0 Å². The van der Waals surface area contributed by atoms with Gasteiger partial charge in [0.15, 0.2) is 11.6 Å². The third kappa shape index (κ3) is 2.63. The Morgan fingerprint density at radius 1 is 1.04 bits per heavy atom. The molecule has 2 aromatic carbocycles. The molecule has 26 heavy (non-hydrogen) atoms. The van der Waals surface area contributed by atoms with E-state index in [1.807, 2.05) is 24.3 Å². The summed E-state index contributed by atoms with van der Waals surface area (Å²) in [5.41, 5.74) is 1.36. The highest BCUT2D eigenvalue weighted by atomic mass is 19.2. The summed E-state index contributed by atoms with van der Waals surface area (Å²) in [4.78, 5) is 17.1. The number of nitrogens with zero attached hydrogens (tertiary/aromatic N) is 3. The Morgan fingerprint density at radius 2 is 1.88 bits per heavy atom. The van der Waals surface area contributed by atoms with Gasteiger partial charge in [-0.25, -0.2) is 13.8 Å². The molecule has 0 N–H and O–H groups in total. The Labute approximate surface area is 146 Å². The van der Waals surface area contributed by atoms with Crippen LogP contribution in [0.4, 0.5) is 8.78 Å². The van der Waals surface area contributed by atoms with E-state index in [1.54, 1.807) is 23.9 Å². The first kappa shape index (κ1) is 16.0. The van der Waals surface area contributed by atoms with Crippen molar-refractivity contribution < 1.29 is 13.5 Å². The number of hydrogen-bond acceptors (Lipinski definition) is 3. The first-order chi connectivity index (χ1) is 12.6. The van der Waals surface area contributed by atoms with Crippen LogP contribution in [0.2, 0.25) is 0 Å². The first-order valence-corrected chi connectivity index (χ1v) is 7.77. The summed E-state index contributed by atoms with van der Waals surface area (Å²) in [5.74, 6) is -1.31. The van der Waals surface area contributed by atoms with Crippen LogP contribution in [0.15, 0.2) is 65.8 Å². The zero-order valence-corrected chi connectivity index (χ0v) is 13.7. The molecule has 0 unspecified atom stereocenters. The van der Waals surface area contributed by atoms with Crippen LogP contribution in [0.1, 0.15) is 0 Å². The summed E-state index contributed by atoms with van der Waals surface area (Å²) in [6, 6.07) is 10.6. The molecule has 130 valence electrons. The second-order valence-corrected chi connectivity index (χ2v) is 5.66. The first-order valence-electron chi connectivity index (χ1n) is 7.77. The predicted molar refractivity (Wildman–Crippen MR) is 92.7 cm³/mol. The summed E-state index contributed by atoms with van der Waals surface area (Å²) in [5, 5.41) is 0. The van der Waals surface area contributed by atoms with Gasteiger partial charge in [0, 0.05) is 30.2 Å². The number of methoxy groups -OCH3 is 1. The zero-order chi connectivity index (χ0) is 18.3. The fraction of sp³-hybridized carbons (Fsp3) is 0.0526. The fourth-order valence-corrected chi connectivity index (χ4v) is 2.74. The molecule has 2 heterocycles. The van der Waals surface area contributed by atoms with E-state index in [0.29, 0.717) is 11.4 Å². The summed E-state index contributed by atoms with van der Waals surface area (Å²) < 4.78 is 34.6. The lowest BCUT2D eigenvalue weighted by atomic mass is 10.1. The molecule has 0 aliphatic rings. The monoisotopic (exact) mass is 353 g/mol. The normalized spacial score (nSPS) is 11.0. The molecule has 0 atom stereocenters. The number of halogens is 2. The van der Waals surface area contributed by atoms with Crippen molar-refractivity contribution in [3.8, 4) is 22.7 Å². The van der Waals surface area contributed by atoms with Crippen LogP contribution in [-0.4, -0.2) is 21.1 Å². The minimum Gasteiger partial charge on any atom is -0.497 e. The second kappa shape index (κ2) is 6.11. The minimum atomic E-state index is -1.02. The van der Waals surface area contributed by atoms with Crippen LogP contribution >= 0.6 is 0 Å². The molecule has 0 radical (unpaired) electrons. The lowest BCUT2D eigenvalue weighted by Crippen LogP contribution is -2.20. The molecule has 4 rings (SSSR count). The molecule has 2 aromatic heterocycles. The van der Waals surface area contributed by atoms with Crippen molar-refractivity contribution in [2.24, 2.45) is 0 Å². The standard InChI is InChI=1S/C19H13F2N3O2/c1-26-14-4-2-3-12(9-14)17-11-23-7-8-24(19(25)18(23)22-17)13-5-6-15(20)16(21)10-13/h2-11H,1H3. The molecule has 0 spiro atoms. The lowest BCUT2D eigenvalue weighted by Gasteiger charge is -2.06. The summed E-state index contributed by atoms with van der Waals surface area (Å²) in [7, 11) is 1.57. The average Bonchev–Trinajstić information content (AvgIpc) is 3.10. The molecule has 0 bridgehead atoms. The fourth-order valence-electron chi connectivity index (χ4n) is 2.74. The molecular formula is C19H13F2N3O2. The summed E-state index contributed by atoms with van der Waals surface area (Å²) in [6.45, 7) is 0. The molecule has 0 fully saturated rings. The highest BCUT2D eigenvalue weighted by molar-refractivity contribution is 5.64. The van der Waals surface area contributed by atoms with Crippen molar-refractivity contribution >= 4 is 5.65 Å². The lowest BCUT2D eigenvalue weighted by molar-refractivity contribution is 0.415. The van der Waals surface area contributed by atoms with Gasteiger partial charge in [0.05, 0.1) is 18.5 Å². The number of hydrogen-bond donors (Lipinski definition) is 0. The smallest absolute Gasteiger partial charge is 0.298 e. The van der Waals surface area contributed by atoms with Crippen LogP contribution in [0.25, 0.3) is 22.6 Å². The summed E-state index contributed by atoms with van der Waals surface area (Å²) >= 11 is 0. The van der Waals surface area contributed by atoms with Gasteiger partial charge in [0.25, 0.3) is 5.56 Å². The van der Waals surface area contributed by atoms with Crippen LogP contribution in [-0.2, 0) is 0 Å². The van der Waals surface area contributed by atoms with Gasteiger partial charge in [-0.05, 0) is 24.3 Å².